The van der Waals surface area contributed by atoms with Crippen LogP contribution in [-0.2, 0) is 19.3 Å². The number of allylic oxidation sites excluding steroid dienone is 1. The molecular formula is C19H20N2O2. The molecule has 3 rings (SSSR count). The van der Waals surface area contributed by atoms with E-state index in [4.69, 9.17) is 5.11 Å². The van der Waals surface area contributed by atoms with Crippen LogP contribution in [0, 0.1) is 0 Å². The number of carboxylic acid groups (broad SMARTS) is 1. The molecule has 1 atom stereocenters. The van der Waals surface area contributed by atoms with Crippen molar-refractivity contribution in [1.82, 2.24) is 9.97 Å². The van der Waals surface area contributed by atoms with Crippen molar-refractivity contribution < 1.29 is 9.90 Å². The fourth-order valence-electron chi connectivity index (χ4n) is 3.23. The quantitative estimate of drug-likeness (QED) is 0.829. The Labute approximate surface area is 135 Å². The lowest BCUT2D eigenvalue weighted by atomic mass is 9.98. The number of aryl methyl sites for hydroxylation is 2. The van der Waals surface area contributed by atoms with Gasteiger partial charge in [-0.05, 0) is 55.4 Å². The molecule has 0 fully saturated rings. The van der Waals surface area contributed by atoms with Gasteiger partial charge in [0.15, 0.2) is 0 Å². The molecule has 1 aliphatic rings. The van der Waals surface area contributed by atoms with E-state index in [0.717, 1.165) is 37.8 Å². The summed E-state index contributed by atoms with van der Waals surface area (Å²) in [5, 5.41) is 9.04. The number of nitrogens with zero attached hydrogens (tertiary/aromatic N) is 2. The van der Waals surface area contributed by atoms with Gasteiger partial charge in [0.05, 0.1) is 5.56 Å². The Morgan fingerprint density at radius 2 is 2.26 bits per heavy atom. The van der Waals surface area contributed by atoms with Crippen LogP contribution in [0.5, 0.6) is 0 Å². The van der Waals surface area contributed by atoms with E-state index in [0.29, 0.717) is 11.5 Å². The summed E-state index contributed by atoms with van der Waals surface area (Å²) in [5.74, 6) is -0.464. The summed E-state index contributed by atoms with van der Waals surface area (Å²) in [6.45, 7) is 3.77. The maximum atomic E-state index is 11.0. The van der Waals surface area contributed by atoms with E-state index in [2.05, 4.69) is 22.6 Å². The molecular weight excluding hydrogens is 288 g/mol. The summed E-state index contributed by atoms with van der Waals surface area (Å²) in [6.07, 6.45) is 10.2. The Hall–Kier alpha value is -2.49. The first-order valence-electron chi connectivity index (χ1n) is 7.94. The van der Waals surface area contributed by atoms with Crippen LogP contribution in [-0.4, -0.2) is 21.0 Å². The standard InChI is InChI=1S/C19H20N2O2/c1-2-3-13-10-15-5-4-14(18(15)21-12-13)6-7-17-11-16(19(22)23)8-9-20-17/h2,8-12,14H,1,3-7H2,(H,22,23). The van der Waals surface area contributed by atoms with Crippen LogP contribution in [0.2, 0.25) is 0 Å². The first kappa shape index (κ1) is 15.4. The number of rotatable bonds is 6. The second-order valence-electron chi connectivity index (χ2n) is 6.00. The van der Waals surface area contributed by atoms with Crippen molar-refractivity contribution in [2.45, 2.75) is 38.0 Å². The Kier molecular flexibility index (Phi) is 4.51. The second-order valence-corrected chi connectivity index (χ2v) is 6.00. The lowest BCUT2D eigenvalue weighted by Gasteiger charge is -2.11. The van der Waals surface area contributed by atoms with Gasteiger partial charge < -0.3 is 5.11 Å². The number of hydrogen-bond acceptors (Lipinski definition) is 3. The number of carbonyl (C=O) groups is 1. The SMILES string of the molecule is C=CCc1cnc2c(c1)CCC2CCc1cc(C(=O)O)ccn1. The van der Waals surface area contributed by atoms with Gasteiger partial charge in [-0.25, -0.2) is 4.79 Å². The highest BCUT2D eigenvalue weighted by atomic mass is 16.4. The molecule has 1 N–H and O–H groups in total. The predicted molar refractivity (Wildman–Crippen MR) is 88.7 cm³/mol. The molecule has 1 unspecified atom stereocenters. The molecule has 0 aliphatic heterocycles. The van der Waals surface area contributed by atoms with Gasteiger partial charge in [0.2, 0.25) is 0 Å². The van der Waals surface area contributed by atoms with Crippen molar-refractivity contribution in [2.75, 3.05) is 0 Å². The third-order valence-corrected chi connectivity index (χ3v) is 4.40. The molecule has 23 heavy (non-hydrogen) atoms. The monoisotopic (exact) mass is 308 g/mol. The number of carboxylic acids is 1. The lowest BCUT2D eigenvalue weighted by Crippen LogP contribution is -2.03. The van der Waals surface area contributed by atoms with E-state index in [1.54, 1.807) is 12.3 Å². The van der Waals surface area contributed by atoms with Crippen LogP contribution >= 0.6 is 0 Å². The average Bonchev–Trinajstić information content (AvgIpc) is 2.96. The third-order valence-electron chi connectivity index (χ3n) is 4.40. The maximum absolute atomic E-state index is 11.0. The minimum Gasteiger partial charge on any atom is -0.478 e. The van der Waals surface area contributed by atoms with Crippen molar-refractivity contribution in [3.05, 3.63) is 71.3 Å². The van der Waals surface area contributed by atoms with Gasteiger partial charge in [-0.15, -0.1) is 6.58 Å². The summed E-state index contributed by atoms with van der Waals surface area (Å²) < 4.78 is 0. The molecule has 0 radical (unpaired) electrons. The van der Waals surface area contributed by atoms with E-state index in [9.17, 15) is 4.79 Å². The predicted octanol–water partition coefficient (Wildman–Crippen LogP) is 3.57. The summed E-state index contributed by atoms with van der Waals surface area (Å²) in [5.41, 5.74) is 4.90. The zero-order chi connectivity index (χ0) is 16.2. The van der Waals surface area contributed by atoms with Gasteiger partial charge in [0, 0.05) is 29.7 Å². The van der Waals surface area contributed by atoms with Crippen molar-refractivity contribution in [2.24, 2.45) is 0 Å². The molecule has 2 aromatic rings. The molecule has 2 aromatic heterocycles. The van der Waals surface area contributed by atoms with Crippen LogP contribution in [0.25, 0.3) is 0 Å². The minimum absolute atomic E-state index is 0.300. The van der Waals surface area contributed by atoms with Crippen molar-refractivity contribution >= 4 is 5.97 Å². The highest BCUT2D eigenvalue weighted by Crippen LogP contribution is 2.35. The van der Waals surface area contributed by atoms with E-state index < -0.39 is 5.97 Å². The van der Waals surface area contributed by atoms with Crippen LogP contribution in [0.15, 0.2) is 43.2 Å². The molecule has 1 aliphatic carbocycles. The fourth-order valence-corrected chi connectivity index (χ4v) is 3.23. The summed E-state index contributed by atoms with van der Waals surface area (Å²) in [7, 11) is 0. The minimum atomic E-state index is -0.906. The molecule has 0 aromatic carbocycles. The number of hydrogen-bond donors (Lipinski definition) is 1. The van der Waals surface area contributed by atoms with Crippen molar-refractivity contribution in [3.63, 3.8) is 0 Å². The Morgan fingerprint density at radius 1 is 1.39 bits per heavy atom. The molecule has 0 amide bonds. The van der Waals surface area contributed by atoms with Crippen LogP contribution in [0.1, 0.15) is 51.6 Å². The topological polar surface area (TPSA) is 63.1 Å². The zero-order valence-corrected chi connectivity index (χ0v) is 13.0. The maximum Gasteiger partial charge on any atom is 0.335 e. The van der Waals surface area contributed by atoms with E-state index in [-0.39, 0.29) is 0 Å². The van der Waals surface area contributed by atoms with Gasteiger partial charge >= 0.3 is 5.97 Å². The first-order chi connectivity index (χ1) is 11.2. The van der Waals surface area contributed by atoms with Crippen LogP contribution < -0.4 is 0 Å². The smallest absolute Gasteiger partial charge is 0.335 e. The Morgan fingerprint density at radius 3 is 3.04 bits per heavy atom. The number of fused-ring (bicyclic) bond motifs is 1. The van der Waals surface area contributed by atoms with Gasteiger partial charge in [0.25, 0.3) is 0 Å². The lowest BCUT2D eigenvalue weighted by molar-refractivity contribution is 0.0696. The van der Waals surface area contributed by atoms with E-state index >= 15 is 0 Å². The molecule has 0 spiro atoms. The third kappa shape index (κ3) is 3.47. The first-order valence-corrected chi connectivity index (χ1v) is 7.94. The number of aromatic carboxylic acids is 1. The van der Waals surface area contributed by atoms with Crippen molar-refractivity contribution in [3.8, 4) is 0 Å². The normalized spacial score (nSPS) is 16.1. The van der Waals surface area contributed by atoms with E-state index in [1.165, 1.54) is 22.9 Å². The van der Waals surface area contributed by atoms with Gasteiger partial charge in [-0.3, -0.25) is 9.97 Å². The van der Waals surface area contributed by atoms with Gasteiger partial charge in [-0.1, -0.05) is 12.1 Å². The molecule has 0 saturated carbocycles. The van der Waals surface area contributed by atoms with Crippen LogP contribution in [0.3, 0.4) is 0 Å². The van der Waals surface area contributed by atoms with Crippen LogP contribution in [0.4, 0.5) is 0 Å². The largest absolute Gasteiger partial charge is 0.478 e. The van der Waals surface area contributed by atoms with Gasteiger partial charge in [-0.2, -0.15) is 0 Å². The Bertz CT molecular complexity index is 740. The number of aromatic nitrogens is 2. The fraction of sp³-hybridized carbons (Fsp3) is 0.316. The van der Waals surface area contributed by atoms with E-state index in [1.807, 2.05) is 12.3 Å². The molecule has 0 bridgehead atoms. The number of pyridine rings is 2. The Balaban J connectivity index is 1.68. The summed E-state index contributed by atoms with van der Waals surface area (Å²) in [6, 6.07) is 5.44. The molecule has 2 heterocycles. The molecule has 0 saturated heterocycles. The van der Waals surface area contributed by atoms with Crippen molar-refractivity contribution in [1.29, 1.82) is 0 Å². The van der Waals surface area contributed by atoms with Gasteiger partial charge in [0.1, 0.15) is 0 Å². The highest BCUT2D eigenvalue weighted by molar-refractivity contribution is 5.87. The summed E-state index contributed by atoms with van der Waals surface area (Å²) >= 11 is 0. The summed E-state index contributed by atoms with van der Waals surface area (Å²) in [4.78, 5) is 20.0. The molecule has 4 heteroatoms. The second kappa shape index (κ2) is 6.73. The average molecular weight is 308 g/mol. The zero-order valence-electron chi connectivity index (χ0n) is 13.0. The highest BCUT2D eigenvalue weighted by Gasteiger charge is 2.24. The molecule has 4 nitrogen and oxygen atoms in total. The molecule has 118 valence electrons.